The average Bonchev–Trinajstić information content (AvgIpc) is 2.37. The normalized spacial score (nSPS) is 11.4. The summed E-state index contributed by atoms with van der Waals surface area (Å²) < 4.78 is 26.8. The van der Waals surface area contributed by atoms with Crippen molar-refractivity contribution in [3.8, 4) is 0 Å². The Morgan fingerprint density at radius 3 is 2.61 bits per heavy atom. The molecule has 0 aromatic heterocycles. The molecule has 1 aromatic carbocycles. The molecule has 4 nitrogen and oxygen atoms in total. The maximum atomic E-state index is 12.1. The van der Waals surface area contributed by atoms with E-state index in [1.165, 1.54) is 0 Å². The van der Waals surface area contributed by atoms with Crippen LogP contribution < -0.4 is 10.0 Å². The van der Waals surface area contributed by atoms with Crippen LogP contribution in [0.3, 0.4) is 0 Å². The van der Waals surface area contributed by atoms with Gasteiger partial charge in [-0.1, -0.05) is 19.1 Å². The first-order valence-corrected chi connectivity index (χ1v) is 8.81. The molecule has 0 aliphatic rings. The van der Waals surface area contributed by atoms with E-state index in [1.54, 1.807) is 30.0 Å². The van der Waals surface area contributed by atoms with Crippen molar-refractivity contribution in [2.24, 2.45) is 0 Å². The summed E-state index contributed by atoms with van der Waals surface area (Å²) in [6, 6.07) is 6.99. The van der Waals surface area contributed by atoms with Crippen LogP contribution in [0.2, 0.25) is 0 Å². The number of benzene rings is 1. The van der Waals surface area contributed by atoms with Crippen LogP contribution in [0.25, 0.3) is 0 Å². The first-order valence-electron chi connectivity index (χ1n) is 5.93. The van der Waals surface area contributed by atoms with Crippen LogP contribution in [-0.4, -0.2) is 33.5 Å². The topological polar surface area (TPSA) is 58.2 Å². The van der Waals surface area contributed by atoms with Crippen LogP contribution in [0.4, 0.5) is 5.69 Å². The van der Waals surface area contributed by atoms with Gasteiger partial charge in [-0.3, -0.25) is 0 Å². The van der Waals surface area contributed by atoms with Crippen LogP contribution in [0.1, 0.15) is 13.3 Å². The summed E-state index contributed by atoms with van der Waals surface area (Å²) in [5, 5.41) is 3.16. The van der Waals surface area contributed by atoms with Gasteiger partial charge in [-0.15, -0.1) is 0 Å². The minimum absolute atomic E-state index is 0.319. The zero-order chi connectivity index (χ0) is 13.4. The van der Waals surface area contributed by atoms with Crippen LogP contribution >= 0.6 is 11.8 Å². The van der Waals surface area contributed by atoms with Gasteiger partial charge in [0.1, 0.15) is 4.90 Å². The molecule has 0 heterocycles. The summed E-state index contributed by atoms with van der Waals surface area (Å²) in [6.07, 6.45) is 2.80. The summed E-state index contributed by atoms with van der Waals surface area (Å²) >= 11 is 1.72. The SMILES string of the molecule is CCCNS(=O)(=O)c1ccccc1NCCSC. The average molecular weight is 288 g/mol. The molecule has 0 bridgehead atoms. The number of hydrogen-bond donors (Lipinski definition) is 2. The summed E-state index contributed by atoms with van der Waals surface area (Å²) in [5.41, 5.74) is 0.662. The monoisotopic (exact) mass is 288 g/mol. The standard InChI is InChI=1S/C12H20N2O2S2/c1-3-8-14-18(15,16)12-7-5-4-6-11(12)13-9-10-17-2/h4-7,13-14H,3,8-10H2,1-2H3. The second kappa shape index (κ2) is 7.66. The molecule has 0 radical (unpaired) electrons. The molecule has 1 rings (SSSR count). The van der Waals surface area contributed by atoms with Crippen LogP contribution in [-0.2, 0) is 10.0 Å². The number of hydrogen-bond acceptors (Lipinski definition) is 4. The van der Waals surface area contributed by atoms with Gasteiger partial charge in [0.25, 0.3) is 0 Å². The van der Waals surface area contributed by atoms with Gasteiger partial charge in [-0.25, -0.2) is 13.1 Å². The lowest BCUT2D eigenvalue weighted by Gasteiger charge is -2.12. The van der Waals surface area contributed by atoms with Gasteiger partial charge in [0.05, 0.1) is 5.69 Å². The van der Waals surface area contributed by atoms with Crippen LogP contribution in [0.5, 0.6) is 0 Å². The third kappa shape index (κ3) is 4.51. The molecule has 2 N–H and O–H groups in total. The lowest BCUT2D eigenvalue weighted by molar-refractivity contribution is 0.581. The minimum Gasteiger partial charge on any atom is -0.383 e. The third-order valence-electron chi connectivity index (χ3n) is 2.34. The van der Waals surface area contributed by atoms with E-state index in [0.29, 0.717) is 17.1 Å². The van der Waals surface area contributed by atoms with E-state index in [4.69, 9.17) is 0 Å². The lowest BCUT2D eigenvalue weighted by atomic mass is 10.3. The Morgan fingerprint density at radius 2 is 1.94 bits per heavy atom. The minimum atomic E-state index is -3.41. The molecular weight excluding hydrogens is 268 g/mol. The van der Waals surface area contributed by atoms with Crippen molar-refractivity contribution in [3.05, 3.63) is 24.3 Å². The van der Waals surface area contributed by atoms with Gasteiger partial charge < -0.3 is 5.32 Å². The summed E-state index contributed by atoms with van der Waals surface area (Å²) in [7, 11) is -3.41. The van der Waals surface area contributed by atoms with Crippen LogP contribution in [0.15, 0.2) is 29.2 Å². The highest BCUT2D eigenvalue weighted by Crippen LogP contribution is 2.20. The number of para-hydroxylation sites is 1. The number of rotatable bonds is 8. The van der Waals surface area contributed by atoms with E-state index in [1.807, 2.05) is 19.2 Å². The molecule has 102 valence electrons. The largest absolute Gasteiger partial charge is 0.383 e. The Labute approximate surface area is 114 Å². The molecule has 1 aromatic rings. The second-order valence-corrected chi connectivity index (χ2v) is 6.53. The lowest BCUT2D eigenvalue weighted by Crippen LogP contribution is -2.25. The predicted molar refractivity (Wildman–Crippen MR) is 78.8 cm³/mol. The molecule has 0 fully saturated rings. The fraction of sp³-hybridized carbons (Fsp3) is 0.500. The fourth-order valence-electron chi connectivity index (χ4n) is 1.45. The van der Waals surface area contributed by atoms with E-state index in [0.717, 1.165) is 18.7 Å². The Hall–Kier alpha value is -0.720. The summed E-state index contributed by atoms with van der Waals surface area (Å²) in [4.78, 5) is 0.319. The number of nitrogens with one attached hydrogen (secondary N) is 2. The highest BCUT2D eigenvalue weighted by molar-refractivity contribution is 7.98. The van der Waals surface area contributed by atoms with Gasteiger partial charge >= 0.3 is 0 Å². The Morgan fingerprint density at radius 1 is 1.22 bits per heavy atom. The van der Waals surface area contributed by atoms with E-state index in [2.05, 4.69) is 10.0 Å². The van der Waals surface area contributed by atoms with E-state index < -0.39 is 10.0 Å². The van der Waals surface area contributed by atoms with Gasteiger partial charge in [-0.05, 0) is 24.8 Å². The third-order valence-corrected chi connectivity index (χ3v) is 4.47. The molecule has 0 aliphatic carbocycles. The Bertz CT molecular complexity index is 461. The van der Waals surface area contributed by atoms with Crippen LogP contribution in [0, 0.1) is 0 Å². The number of sulfonamides is 1. The van der Waals surface area contributed by atoms with E-state index >= 15 is 0 Å². The Kier molecular flexibility index (Phi) is 6.52. The molecule has 0 saturated carbocycles. The van der Waals surface area contributed by atoms with E-state index in [9.17, 15) is 8.42 Å². The highest BCUT2D eigenvalue weighted by atomic mass is 32.2. The van der Waals surface area contributed by atoms with Gasteiger partial charge in [0, 0.05) is 18.8 Å². The van der Waals surface area contributed by atoms with E-state index in [-0.39, 0.29) is 0 Å². The number of thioether (sulfide) groups is 1. The maximum Gasteiger partial charge on any atom is 0.242 e. The number of anilines is 1. The molecule has 0 spiro atoms. The van der Waals surface area contributed by atoms with Crippen molar-refractivity contribution in [1.29, 1.82) is 0 Å². The zero-order valence-corrected chi connectivity index (χ0v) is 12.4. The Balaban J connectivity index is 2.87. The first-order chi connectivity index (χ1) is 8.61. The van der Waals surface area contributed by atoms with Gasteiger partial charge in [-0.2, -0.15) is 11.8 Å². The van der Waals surface area contributed by atoms with Crippen molar-refractivity contribution in [2.75, 3.05) is 30.4 Å². The van der Waals surface area contributed by atoms with Crippen molar-refractivity contribution < 1.29 is 8.42 Å². The van der Waals surface area contributed by atoms with Gasteiger partial charge in [0.15, 0.2) is 0 Å². The molecular formula is C12H20N2O2S2. The maximum absolute atomic E-state index is 12.1. The molecule has 0 unspecified atom stereocenters. The molecule has 0 saturated heterocycles. The van der Waals surface area contributed by atoms with Crippen molar-refractivity contribution in [2.45, 2.75) is 18.2 Å². The zero-order valence-electron chi connectivity index (χ0n) is 10.8. The first kappa shape index (κ1) is 15.3. The molecule has 0 aliphatic heterocycles. The van der Waals surface area contributed by atoms with Crippen molar-refractivity contribution in [1.82, 2.24) is 4.72 Å². The van der Waals surface area contributed by atoms with Gasteiger partial charge in [0.2, 0.25) is 10.0 Å². The molecule has 0 amide bonds. The van der Waals surface area contributed by atoms with Crippen molar-refractivity contribution >= 4 is 27.5 Å². The highest BCUT2D eigenvalue weighted by Gasteiger charge is 2.16. The molecule has 0 atom stereocenters. The molecule has 18 heavy (non-hydrogen) atoms. The summed E-state index contributed by atoms with van der Waals surface area (Å²) in [6.45, 7) is 3.15. The van der Waals surface area contributed by atoms with Crippen molar-refractivity contribution in [3.63, 3.8) is 0 Å². The predicted octanol–water partition coefficient (Wildman–Crippen LogP) is 2.15. The smallest absolute Gasteiger partial charge is 0.242 e. The summed E-state index contributed by atoms with van der Waals surface area (Å²) in [5.74, 6) is 0.941. The second-order valence-electron chi connectivity index (χ2n) is 3.81. The molecule has 6 heteroatoms. The quantitative estimate of drug-likeness (QED) is 0.720. The fourth-order valence-corrected chi connectivity index (χ4v) is 3.07.